The first-order valence-corrected chi connectivity index (χ1v) is 7.59. The van der Waals surface area contributed by atoms with E-state index >= 15 is 0 Å². The maximum Gasteiger partial charge on any atom is 0.411 e. The molecule has 0 atom stereocenters. The van der Waals surface area contributed by atoms with Crippen LogP contribution in [0.2, 0.25) is 0 Å². The van der Waals surface area contributed by atoms with Crippen LogP contribution in [0.3, 0.4) is 0 Å². The van der Waals surface area contributed by atoms with Gasteiger partial charge < -0.3 is 19.3 Å². The van der Waals surface area contributed by atoms with Crippen LogP contribution in [0.4, 0.5) is 16.3 Å². The van der Waals surface area contributed by atoms with E-state index in [9.17, 15) is 4.79 Å². The number of nitrogens with one attached hydrogen (secondary N) is 1. The van der Waals surface area contributed by atoms with Gasteiger partial charge in [-0.25, -0.2) is 9.78 Å². The second kappa shape index (κ2) is 8.55. The molecule has 1 aliphatic heterocycles. The predicted octanol–water partition coefficient (Wildman–Crippen LogP) is 1.42. The number of carbonyl (C=O) groups is 1. The molecule has 1 N–H and O–H groups in total. The van der Waals surface area contributed by atoms with Crippen LogP contribution >= 0.6 is 0 Å². The minimum Gasteiger partial charge on any atom is -0.447 e. The van der Waals surface area contributed by atoms with Crippen molar-refractivity contribution in [2.45, 2.75) is 6.92 Å². The predicted molar refractivity (Wildman–Crippen MR) is 85.4 cm³/mol. The Morgan fingerprint density at radius 2 is 2.05 bits per heavy atom. The van der Waals surface area contributed by atoms with E-state index < -0.39 is 6.09 Å². The van der Waals surface area contributed by atoms with Gasteiger partial charge >= 0.3 is 6.09 Å². The van der Waals surface area contributed by atoms with Crippen LogP contribution in [0.25, 0.3) is 0 Å². The number of pyridine rings is 1. The van der Waals surface area contributed by atoms with Crippen LogP contribution in [-0.4, -0.2) is 69.0 Å². The fourth-order valence-corrected chi connectivity index (χ4v) is 2.31. The van der Waals surface area contributed by atoms with Gasteiger partial charge in [0.25, 0.3) is 0 Å². The molecule has 1 saturated heterocycles. The number of likely N-dealkylation sites (N-methyl/N-ethyl adjacent to an activating group) is 1. The van der Waals surface area contributed by atoms with E-state index in [1.165, 1.54) is 0 Å². The zero-order valence-electron chi connectivity index (χ0n) is 13.2. The summed E-state index contributed by atoms with van der Waals surface area (Å²) in [7, 11) is 1.56. The number of rotatable bonds is 6. The Morgan fingerprint density at radius 3 is 2.64 bits per heavy atom. The molecule has 0 aliphatic carbocycles. The van der Waals surface area contributed by atoms with E-state index in [4.69, 9.17) is 9.47 Å². The summed E-state index contributed by atoms with van der Waals surface area (Å²) in [6.45, 7) is 7.96. The zero-order valence-corrected chi connectivity index (χ0v) is 13.2. The zero-order chi connectivity index (χ0) is 15.8. The van der Waals surface area contributed by atoms with E-state index in [1.54, 1.807) is 13.3 Å². The molecular formula is C15H24N4O3. The molecule has 122 valence electrons. The Hall–Kier alpha value is -1.86. The summed E-state index contributed by atoms with van der Waals surface area (Å²) >= 11 is 0. The maximum absolute atomic E-state index is 11.5. The summed E-state index contributed by atoms with van der Waals surface area (Å²) in [5.74, 6) is 0.939. The lowest BCUT2D eigenvalue weighted by atomic mass is 10.3. The Morgan fingerprint density at radius 1 is 1.27 bits per heavy atom. The monoisotopic (exact) mass is 308 g/mol. The molecule has 2 rings (SSSR count). The molecule has 7 heteroatoms. The lowest BCUT2D eigenvalue weighted by molar-refractivity contribution is 0.107. The van der Waals surface area contributed by atoms with Crippen LogP contribution in [0, 0.1) is 0 Å². The van der Waals surface area contributed by atoms with E-state index in [-0.39, 0.29) is 6.61 Å². The van der Waals surface area contributed by atoms with Gasteiger partial charge in [0.05, 0.1) is 18.5 Å². The van der Waals surface area contributed by atoms with E-state index in [2.05, 4.69) is 27.0 Å². The number of ether oxygens (including phenoxy) is 2. The average molecular weight is 308 g/mol. The number of piperazine rings is 1. The maximum atomic E-state index is 11.5. The normalized spacial score (nSPS) is 15.6. The third-order valence-corrected chi connectivity index (χ3v) is 3.66. The highest BCUT2D eigenvalue weighted by Gasteiger charge is 2.16. The highest BCUT2D eigenvalue weighted by atomic mass is 16.6. The highest BCUT2D eigenvalue weighted by Crippen LogP contribution is 2.16. The van der Waals surface area contributed by atoms with Crippen LogP contribution in [-0.2, 0) is 9.47 Å². The first kappa shape index (κ1) is 16.5. The van der Waals surface area contributed by atoms with Gasteiger partial charge in [-0.3, -0.25) is 5.32 Å². The molecule has 0 saturated carbocycles. The van der Waals surface area contributed by atoms with Crippen molar-refractivity contribution in [2.75, 3.05) is 63.3 Å². The minimum absolute atomic E-state index is 0.232. The van der Waals surface area contributed by atoms with E-state index in [0.717, 1.165) is 38.5 Å². The van der Waals surface area contributed by atoms with Crippen molar-refractivity contribution in [3.05, 3.63) is 18.3 Å². The summed E-state index contributed by atoms with van der Waals surface area (Å²) in [6.07, 6.45) is 1.15. The Kier molecular flexibility index (Phi) is 6.42. The Bertz CT molecular complexity index is 458. The van der Waals surface area contributed by atoms with Crippen molar-refractivity contribution in [1.82, 2.24) is 9.88 Å². The molecule has 0 bridgehead atoms. The Labute approximate surface area is 131 Å². The lowest BCUT2D eigenvalue weighted by Crippen LogP contribution is -2.46. The fourth-order valence-electron chi connectivity index (χ4n) is 2.31. The van der Waals surface area contributed by atoms with Gasteiger partial charge in [-0.2, -0.15) is 0 Å². The van der Waals surface area contributed by atoms with Crippen LogP contribution < -0.4 is 10.2 Å². The molecule has 1 aliphatic rings. The summed E-state index contributed by atoms with van der Waals surface area (Å²) in [5.41, 5.74) is 0.623. The number of amides is 1. The average Bonchev–Trinajstić information content (AvgIpc) is 2.56. The van der Waals surface area contributed by atoms with Crippen molar-refractivity contribution in [3.8, 4) is 0 Å². The van der Waals surface area contributed by atoms with Crippen LogP contribution in [0.1, 0.15) is 6.92 Å². The summed E-state index contributed by atoms with van der Waals surface area (Å²) in [4.78, 5) is 20.6. The summed E-state index contributed by atoms with van der Waals surface area (Å²) in [6, 6.07) is 3.76. The molecule has 1 aromatic heterocycles. The first-order chi connectivity index (χ1) is 10.7. The second-order valence-electron chi connectivity index (χ2n) is 5.08. The van der Waals surface area contributed by atoms with Crippen molar-refractivity contribution >= 4 is 17.6 Å². The molecule has 1 amide bonds. The Balaban J connectivity index is 1.81. The number of nitrogens with zero attached hydrogens (tertiary/aromatic N) is 3. The molecular weight excluding hydrogens is 284 g/mol. The SMILES string of the molecule is CCN1CCN(c2ccc(NC(=O)OCCOC)cn2)CC1. The van der Waals surface area contributed by atoms with Crippen molar-refractivity contribution in [2.24, 2.45) is 0 Å². The summed E-state index contributed by atoms with van der Waals surface area (Å²) < 4.78 is 9.75. The van der Waals surface area contributed by atoms with Crippen molar-refractivity contribution in [3.63, 3.8) is 0 Å². The van der Waals surface area contributed by atoms with Gasteiger partial charge in [-0.1, -0.05) is 6.92 Å². The number of anilines is 2. The molecule has 2 heterocycles. The fraction of sp³-hybridized carbons (Fsp3) is 0.600. The van der Waals surface area contributed by atoms with Gasteiger partial charge in [0.15, 0.2) is 0 Å². The molecule has 0 radical (unpaired) electrons. The summed E-state index contributed by atoms with van der Waals surface area (Å²) in [5, 5.41) is 2.64. The minimum atomic E-state index is -0.497. The van der Waals surface area contributed by atoms with Gasteiger partial charge in [0.1, 0.15) is 12.4 Å². The van der Waals surface area contributed by atoms with Gasteiger partial charge in [-0.05, 0) is 18.7 Å². The smallest absolute Gasteiger partial charge is 0.411 e. The number of hydrogen-bond donors (Lipinski definition) is 1. The number of methoxy groups -OCH3 is 1. The largest absolute Gasteiger partial charge is 0.447 e. The molecule has 0 spiro atoms. The van der Waals surface area contributed by atoms with Crippen LogP contribution in [0.5, 0.6) is 0 Å². The molecule has 22 heavy (non-hydrogen) atoms. The molecule has 7 nitrogen and oxygen atoms in total. The number of hydrogen-bond acceptors (Lipinski definition) is 6. The molecule has 0 unspecified atom stereocenters. The first-order valence-electron chi connectivity index (χ1n) is 7.59. The van der Waals surface area contributed by atoms with Gasteiger partial charge in [0, 0.05) is 33.3 Å². The van der Waals surface area contributed by atoms with E-state index in [0.29, 0.717) is 12.3 Å². The standard InChI is InChI=1S/C15H24N4O3/c1-3-18-6-8-19(9-7-18)14-5-4-13(12-16-14)17-15(20)22-11-10-21-2/h4-5,12H,3,6-11H2,1-2H3,(H,17,20). The van der Waals surface area contributed by atoms with Gasteiger partial charge in [-0.15, -0.1) is 0 Å². The van der Waals surface area contributed by atoms with Gasteiger partial charge in [0.2, 0.25) is 0 Å². The highest BCUT2D eigenvalue weighted by molar-refractivity contribution is 5.84. The number of aromatic nitrogens is 1. The number of carbonyl (C=O) groups excluding carboxylic acids is 1. The molecule has 1 fully saturated rings. The quantitative estimate of drug-likeness (QED) is 0.802. The third-order valence-electron chi connectivity index (χ3n) is 3.66. The molecule has 1 aromatic rings. The topological polar surface area (TPSA) is 66.9 Å². The van der Waals surface area contributed by atoms with Crippen molar-refractivity contribution in [1.29, 1.82) is 0 Å². The lowest BCUT2D eigenvalue weighted by Gasteiger charge is -2.34. The molecule has 0 aromatic carbocycles. The third kappa shape index (κ3) is 4.85. The second-order valence-corrected chi connectivity index (χ2v) is 5.08. The van der Waals surface area contributed by atoms with Crippen LogP contribution in [0.15, 0.2) is 18.3 Å². The van der Waals surface area contributed by atoms with E-state index in [1.807, 2.05) is 12.1 Å². The van der Waals surface area contributed by atoms with Crippen molar-refractivity contribution < 1.29 is 14.3 Å².